The van der Waals surface area contributed by atoms with Gasteiger partial charge in [-0.15, -0.1) is 0 Å². The summed E-state index contributed by atoms with van der Waals surface area (Å²) < 4.78 is 10.5. The summed E-state index contributed by atoms with van der Waals surface area (Å²) in [6.45, 7) is 3.41. The summed E-state index contributed by atoms with van der Waals surface area (Å²) in [5, 5.41) is 0. The van der Waals surface area contributed by atoms with Crippen molar-refractivity contribution in [2.75, 3.05) is 32.0 Å². The first-order valence-corrected chi connectivity index (χ1v) is 7.09. The molecule has 1 fully saturated rings. The molecule has 0 bridgehead atoms. The van der Waals surface area contributed by atoms with E-state index in [0.29, 0.717) is 18.0 Å². The number of rotatable bonds is 5. The molecule has 1 saturated heterocycles. The average molecular weight is 292 g/mol. The van der Waals surface area contributed by atoms with Crippen LogP contribution in [0.3, 0.4) is 0 Å². The molecule has 1 aromatic carbocycles. The lowest BCUT2D eigenvalue weighted by Crippen LogP contribution is -2.32. The van der Waals surface area contributed by atoms with Crippen molar-refractivity contribution in [1.29, 1.82) is 0 Å². The molecule has 114 valence electrons. The maximum Gasteiger partial charge on any atom is 0.342 e. The van der Waals surface area contributed by atoms with E-state index in [4.69, 9.17) is 15.2 Å². The van der Waals surface area contributed by atoms with Crippen molar-refractivity contribution in [1.82, 2.24) is 4.90 Å². The van der Waals surface area contributed by atoms with E-state index in [9.17, 15) is 9.59 Å². The number of para-hydroxylation sites is 1. The minimum absolute atomic E-state index is 0.164. The van der Waals surface area contributed by atoms with E-state index in [2.05, 4.69) is 0 Å². The zero-order valence-electron chi connectivity index (χ0n) is 12.1. The predicted molar refractivity (Wildman–Crippen MR) is 78.1 cm³/mol. The molecule has 0 saturated carbocycles. The fraction of sp³-hybridized carbons (Fsp3) is 0.467. The van der Waals surface area contributed by atoms with Crippen LogP contribution in [0.4, 0.5) is 5.69 Å². The first-order valence-electron chi connectivity index (χ1n) is 7.09. The first-order chi connectivity index (χ1) is 10.1. The van der Waals surface area contributed by atoms with Crippen LogP contribution in [0.2, 0.25) is 0 Å². The van der Waals surface area contributed by atoms with Gasteiger partial charge in [-0.25, -0.2) is 4.79 Å². The first kappa shape index (κ1) is 15.2. The van der Waals surface area contributed by atoms with Gasteiger partial charge in [-0.1, -0.05) is 6.07 Å². The van der Waals surface area contributed by atoms with Crippen molar-refractivity contribution >= 4 is 17.6 Å². The summed E-state index contributed by atoms with van der Waals surface area (Å²) in [5.41, 5.74) is 6.41. The van der Waals surface area contributed by atoms with Crippen molar-refractivity contribution in [3.63, 3.8) is 0 Å². The van der Waals surface area contributed by atoms with Gasteiger partial charge < -0.3 is 20.1 Å². The van der Waals surface area contributed by atoms with E-state index in [0.717, 1.165) is 25.9 Å². The molecule has 1 aliphatic heterocycles. The summed E-state index contributed by atoms with van der Waals surface area (Å²) in [7, 11) is 0. The van der Waals surface area contributed by atoms with Crippen LogP contribution in [0.5, 0.6) is 5.75 Å². The fourth-order valence-electron chi connectivity index (χ4n) is 2.28. The standard InChI is InChI=1S/C15H20N2O4/c1-2-20-14-11(6-5-7-12(14)16)15(19)21-10-13(18)17-8-3-4-9-17/h5-7H,2-4,8-10,16H2,1H3. The largest absolute Gasteiger partial charge is 0.491 e. The Kier molecular flexibility index (Phi) is 5.03. The smallest absolute Gasteiger partial charge is 0.342 e. The van der Waals surface area contributed by atoms with Gasteiger partial charge in [0.05, 0.1) is 12.3 Å². The number of benzene rings is 1. The molecule has 21 heavy (non-hydrogen) atoms. The van der Waals surface area contributed by atoms with Gasteiger partial charge in [0.25, 0.3) is 5.91 Å². The van der Waals surface area contributed by atoms with E-state index in [1.807, 2.05) is 0 Å². The lowest BCUT2D eigenvalue weighted by Gasteiger charge is -2.16. The van der Waals surface area contributed by atoms with Crippen LogP contribution in [0.15, 0.2) is 18.2 Å². The third-order valence-electron chi connectivity index (χ3n) is 3.34. The van der Waals surface area contributed by atoms with Gasteiger partial charge in [-0.05, 0) is 31.9 Å². The Balaban J connectivity index is 2.00. The zero-order valence-corrected chi connectivity index (χ0v) is 12.1. The molecule has 2 rings (SSSR count). The van der Waals surface area contributed by atoms with Gasteiger partial charge in [0.1, 0.15) is 5.56 Å². The highest BCUT2D eigenvalue weighted by molar-refractivity contribution is 5.95. The molecule has 6 heteroatoms. The third kappa shape index (κ3) is 3.65. The zero-order chi connectivity index (χ0) is 15.2. The number of carbonyl (C=O) groups is 2. The summed E-state index contributed by atoms with van der Waals surface area (Å²) in [6.07, 6.45) is 2.01. The Morgan fingerprint density at radius 2 is 2.00 bits per heavy atom. The molecule has 1 heterocycles. The van der Waals surface area contributed by atoms with E-state index >= 15 is 0 Å². The summed E-state index contributed by atoms with van der Waals surface area (Å²) >= 11 is 0. The number of hydrogen-bond donors (Lipinski definition) is 1. The van der Waals surface area contributed by atoms with Gasteiger partial charge in [-0.2, -0.15) is 0 Å². The summed E-state index contributed by atoms with van der Waals surface area (Å²) in [4.78, 5) is 25.6. The molecule has 0 atom stereocenters. The number of amides is 1. The number of anilines is 1. The second kappa shape index (κ2) is 6.97. The van der Waals surface area contributed by atoms with Gasteiger partial charge in [-0.3, -0.25) is 4.79 Å². The van der Waals surface area contributed by atoms with Crippen LogP contribution in [-0.4, -0.2) is 43.1 Å². The molecular formula is C15H20N2O4. The predicted octanol–water partition coefficient (Wildman–Crippen LogP) is 1.45. The number of nitrogens with two attached hydrogens (primary N) is 1. The average Bonchev–Trinajstić information content (AvgIpc) is 3.01. The highest BCUT2D eigenvalue weighted by atomic mass is 16.5. The van der Waals surface area contributed by atoms with E-state index in [1.54, 1.807) is 30.0 Å². The Labute approximate surface area is 123 Å². The number of ether oxygens (including phenoxy) is 2. The molecule has 0 spiro atoms. The van der Waals surface area contributed by atoms with Crippen LogP contribution in [0, 0.1) is 0 Å². The lowest BCUT2D eigenvalue weighted by atomic mass is 10.2. The minimum atomic E-state index is -0.599. The summed E-state index contributed by atoms with van der Waals surface area (Å²) in [5.74, 6) is -0.459. The van der Waals surface area contributed by atoms with Crippen LogP contribution < -0.4 is 10.5 Å². The highest BCUT2D eigenvalue weighted by Gasteiger charge is 2.21. The molecule has 1 aromatic rings. The van der Waals surface area contributed by atoms with E-state index in [1.165, 1.54) is 0 Å². The Morgan fingerprint density at radius 1 is 1.29 bits per heavy atom. The lowest BCUT2D eigenvalue weighted by molar-refractivity contribution is -0.133. The molecule has 1 amide bonds. The van der Waals surface area contributed by atoms with Gasteiger partial charge in [0, 0.05) is 13.1 Å². The van der Waals surface area contributed by atoms with Gasteiger partial charge >= 0.3 is 5.97 Å². The highest BCUT2D eigenvalue weighted by Crippen LogP contribution is 2.27. The SMILES string of the molecule is CCOc1c(N)cccc1C(=O)OCC(=O)N1CCCC1. The van der Waals surface area contributed by atoms with E-state index < -0.39 is 5.97 Å². The quantitative estimate of drug-likeness (QED) is 0.656. The Hall–Kier alpha value is -2.24. The van der Waals surface area contributed by atoms with Crippen molar-refractivity contribution < 1.29 is 19.1 Å². The van der Waals surface area contributed by atoms with Gasteiger partial charge in [0.2, 0.25) is 0 Å². The fourth-order valence-corrected chi connectivity index (χ4v) is 2.28. The number of nitrogen functional groups attached to an aromatic ring is 1. The molecule has 0 radical (unpaired) electrons. The molecule has 6 nitrogen and oxygen atoms in total. The minimum Gasteiger partial charge on any atom is -0.491 e. The second-order valence-corrected chi connectivity index (χ2v) is 4.82. The number of nitrogens with zero attached hydrogens (tertiary/aromatic N) is 1. The molecule has 2 N–H and O–H groups in total. The monoisotopic (exact) mass is 292 g/mol. The van der Waals surface area contributed by atoms with Crippen molar-refractivity contribution in [3.05, 3.63) is 23.8 Å². The van der Waals surface area contributed by atoms with Crippen molar-refractivity contribution in [2.45, 2.75) is 19.8 Å². The number of esters is 1. The maximum absolute atomic E-state index is 12.1. The van der Waals surface area contributed by atoms with Crippen LogP contribution in [0.25, 0.3) is 0 Å². The van der Waals surface area contributed by atoms with Crippen molar-refractivity contribution in [2.24, 2.45) is 0 Å². The topological polar surface area (TPSA) is 81.9 Å². The molecular weight excluding hydrogens is 272 g/mol. The third-order valence-corrected chi connectivity index (χ3v) is 3.34. The number of likely N-dealkylation sites (tertiary alicyclic amines) is 1. The normalized spacial score (nSPS) is 14.0. The number of carbonyl (C=O) groups excluding carboxylic acids is 2. The van der Waals surface area contributed by atoms with Crippen LogP contribution in [-0.2, 0) is 9.53 Å². The number of hydrogen-bond acceptors (Lipinski definition) is 5. The van der Waals surface area contributed by atoms with Gasteiger partial charge in [0.15, 0.2) is 12.4 Å². The Morgan fingerprint density at radius 3 is 2.67 bits per heavy atom. The summed E-state index contributed by atoms with van der Waals surface area (Å²) in [6, 6.07) is 4.87. The van der Waals surface area contributed by atoms with Crippen LogP contribution >= 0.6 is 0 Å². The second-order valence-electron chi connectivity index (χ2n) is 4.82. The molecule has 0 unspecified atom stereocenters. The van der Waals surface area contributed by atoms with Crippen molar-refractivity contribution in [3.8, 4) is 5.75 Å². The molecule has 0 aromatic heterocycles. The van der Waals surface area contributed by atoms with E-state index in [-0.39, 0.29) is 18.1 Å². The Bertz CT molecular complexity index is 524. The molecule has 0 aliphatic carbocycles. The maximum atomic E-state index is 12.1. The molecule has 1 aliphatic rings. The van der Waals surface area contributed by atoms with Crippen LogP contribution in [0.1, 0.15) is 30.1 Å².